The summed E-state index contributed by atoms with van der Waals surface area (Å²) >= 11 is 0. The molecule has 1 aliphatic carbocycles. The standard InChI is InChI=1S/C13H15ClO4S/c1-2-10-5-6-11(19(14,16)17)7-12(10)13(15)18-8-9-3-4-9/h5-7,9H,2-4,8H2,1H3. The Balaban J connectivity index is 2.26. The fraction of sp³-hybridized carbons (Fsp3) is 0.462. The number of rotatable bonds is 5. The van der Waals surface area contributed by atoms with E-state index in [-0.39, 0.29) is 10.5 Å². The van der Waals surface area contributed by atoms with Gasteiger partial charge >= 0.3 is 5.97 Å². The summed E-state index contributed by atoms with van der Waals surface area (Å²) in [6.45, 7) is 2.29. The minimum absolute atomic E-state index is 0.0789. The molecule has 0 heterocycles. The maximum absolute atomic E-state index is 12.0. The zero-order valence-electron chi connectivity index (χ0n) is 10.6. The summed E-state index contributed by atoms with van der Waals surface area (Å²) < 4.78 is 27.8. The second-order valence-electron chi connectivity index (χ2n) is 4.65. The minimum Gasteiger partial charge on any atom is -0.462 e. The molecule has 0 N–H and O–H groups in total. The number of esters is 1. The van der Waals surface area contributed by atoms with Crippen molar-refractivity contribution in [3.05, 3.63) is 29.3 Å². The Bertz CT molecular complexity index is 591. The Kier molecular flexibility index (Phi) is 4.16. The van der Waals surface area contributed by atoms with Gasteiger partial charge in [-0.05, 0) is 42.9 Å². The lowest BCUT2D eigenvalue weighted by Crippen LogP contribution is -2.11. The minimum atomic E-state index is -3.84. The van der Waals surface area contributed by atoms with Crippen molar-refractivity contribution in [3.63, 3.8) is 0 Å². The Hall–Kier alpha value is -1.07. The van der Waals surface area contributed by atoms with E-state index in [1.165, 1.54) is 12.1 Å². The van der Waals surface area contributed by atoms with Crippen molar-refractivity contribution in [1.82, 2.24) is 0 Å². The molecule has 6 heteroatoms. The smallest absolute Gasteiger partial charge is 0.338 e. The van der Waals surface area contributed by atoms with Gasteiger partial charge in [-0.15, -0.1) is 0 Å². The second-order valence-corrected chi connectivity index (χ2v) is 7.22. The van der Waals surface area contributed by atoms with Crippen LogP contribution in [0, 0.1) is 5.92 Å². The monoisotopic (exact) mass is 302 g/mol. The molecule has 2 rings (SSSR count). The zero-order valence-corrected chi connectivity index (χ0v) is 12.1. The molecule has 0 aromatic heterocycles. The van der Waals surface area contributed by atoms with Crippen molar-refractivity contribution in [2.45, 2.75) is 31.1 Å². The summed E-state index contributed by atoms with van der Waals surface area (Å²) in [5.41, 5.74) is 1.04. The topological polar surface area (TPSA) is 60.4 Å². The number of ether oxygens (including phenoxy) is 1. The molecular formula is C13H15ClO4S. The van der Waals surface area contributed by atoms with Crippen LogP contribution in [0.5, 0.6) is 0 Å². The van der Waals surface area contributed by atoms with Gasteiger partial charge in [-0.25, -0.2) is 13.2 Å². The SMILES string of the molecule is CCc1ccc(S(=O)(=O)Cl)cc1C(=O)OCC1CC1. The normalized spacial score (nSPS) is 15.3. The molecule has 1 aromatic rings. The van der Waals surface area contributed by atoms with Crippen molar-refractivity contribution in [2.24, 2.45) is 5.92 Å². The Morgan fingerprint density at radius 3 is 2.63 bits per heavy atom. The predicted octanol–water partition coefficient (Wildman–Crippen LogP) is 2.74. The lowest BCUT2D eigenvalue weighted by molar-refractivity contribution is 0.0484. The molecule has 0 atom stereocenters. The van der Waals surface area contributed by atoms with Crippen LogP contribution in [0.15, 0.2) is 23.1 Å². The molecule has 104 valence electrons. The third kappa shape index (κ3) is 3.70. The summed E-state index contributed by atoms with van der Waals surface area (Å²) in [4.78, 5) is 11.9. The molecule has 0 radical (unpaired) electrons. The summed E-state index contributed by atoms with van der Waals surface area (Å²) in [6, 6.07) is 4.29. The van der Waals surface area contributed by atoms with Gasteiger partial charge in [0.25, 0.3) is 9.05 Å². The van der Waals surface area contributed by atoms with Crippen LogP contribution >= 0.6 is 10.7 Å². The van der Waals surface area contributed by atoms with Gasteiger partial charge in [-0.1, -0.05) is 13.0 Å². The highest BCUT2D eigenvalue weighted by Gasteiger charge is 2.24. The Labute approximate surface area is 117 Å². The lowest BCUT2D eigenvalue weighted by atomic mass is 10.1. The molecule has 1 aliphatic rings. The molecule has 4 nitrogen and oxygen atoms in total. The molecule has 0 unspecified atom stereocenters. The van der Waals surface area contributed by atoms with Crippen molar-refractivity contribution >= 4 is 25.7 Å². The molecule has 0 aliphatic heterocycles. The van der Waals surface area contributed by atoms with E-state index < -0.39 is 15.0 Å². The van der Waals surface area contributed by atoms with Gasteiger partial charge in [-0.2, -0.15) is 0 Å². The average Bonchev–Trinajstić information content (AvgIpc) is 3.18. The number of halogens is 1. The van der Waals surface area contributed by atoms with Gasteiger partial charge in [0, 0.05) is 10.7 Å². The van der Waals surface area contributed by atoms with E-state index in [1.54, 1.807) is 6.07 Å². The molecule has 1 fully saturated rings. The van der Waals surface area contributed by atoms with Gasteiger partial charge in [0.2, 0.25) is 0 Å². The van der Waals surface area contributed by atoms with E-state index in [1.807, 2.05) is 6.92 Å². The van der Waals surface area contributed by atoms with Crippen LogP contribution in [0.3, 0.4) is 0 Å². The summed E-state index contributed by atoms with van der Waals surface area (Å²) in [5, 5.41) is 0. The van der Waals surface area contributed by atoms with E-state index in [0.717, 1.165) is 18.4 Å². The summed E-state index contributed by atoms with van der Waals surface area (Å²) in [7, 11) is 1.45. The first-order valence-corrected chi connectivity index (χ1v) is 8.47. The third-order valence-corrected chi connectivity index (χ3v) is 4.46. The van der Waals surface area contributed by atoms with Gasteiger partial charge in [0.15, 0.2) is 0 Å². The Morgan fingerprint density at radius 1 is 1.42 bits per heavy atom. The molecule has 0 amide bonds. The maximum atomic E-state index is 12.0. The van der Waals surface area contributed by atoms with Crippen LogP contribution < -0.4 is 0 Å². The van der Waals surface area contributed by atoms with Crippen LogP contribution in [-0.4, -0.2) is 21.0 Å². The first-order valence-electron chi connectivity index (χ1n) is 6.16. The van der Waals surface area contributed by atoms with Crippen LogP contribution in [0.25, 0.3) is 0 Å². The summed E-state index contributed by atoms with van der Waals surface area (Å²) in [6.07, 6.45) is 2.80. The van der Waals surface area contributed by atoms with E-state index >= 15 is 0 Å². The molecular weight excluding hydrogens is 288 g/mol. The van der Waals surface area contributed by atoms with Gasteiger partial charge in [0.05, 0.1) is 17.1 Å². The molecule has 19 heavy (non-hydrogen) atoms. The van der Waals surface area contributed by atoms with Crippen LogP contribution in [0.4, 0.5) is 0 Å². The number of hydrogen-bond donors (Lipinski definition) is 0. The summed E-state index contributed by atoms with van der Waals surface area (Å²) in [5.74, 6) is -0.0140. The highest BCUT2D eigenvalue weighted by molar-refractivity contribution is 8.13. The molecule has 0 spiro atoms. The number of aryl methyl sites for hydroxylation is 1. The van der Waals surface area contributed by atoms with E-state index in [2.05, 4.69) is 0 Å². The molecule has 0 saturated heterocycles. The third-order valence-electron chi connectivity index (χ3n) is 3.11. The number of carbonyl (C=O) groups is 1. The van der Waals surface area contributed by atoms with Crippen LogP contribution in [0.2, 0.25) is 0 Å². The maximum Gasteiger partial charge on any atom is 0.338 e. The average molecular weight is 303 g/mol. The first kappa shape index (κ1) is 14.3. The van der Waals surface area contributed by atoms with Crippen molar-refractivity contribution in [3.8, 4) is 0 Å². The van der Waals surface area contributed by atoms with E-state index in [9.17, 15) is 13.2 Å². The van der Waals surface area contributed by atoms with Crippen molar-refractivity contribution in [1.29, 1.82) is 0 Å². The Morgan fingerprint density at radius 2 is 2.11 bits per heavy atom. The van der Waals surface area contributed by atoms with Gasteiger partial charge in [-0.3, -0.25) is 0 Å². The van der Waals surface area contributed by atoms with E-state index in [4.69, 9.17) is 15.4 Å². The predicted molar refractivity (Wildman–Crippen MR) is 71.9 cm³/mol. The fourth-order valence-electron chi connectivity index (χ4n) is 1.76. The van der Waals surface area contributed by atoms with Gasteiger partial charge in [0.1, 0.15) is 0 Å². The highest BCUT2D eigenvalue weighted by atomic mass is 35.7. The quantitative estimate of drug-likeness (QED) is 0.620. The molecule has 1 aromatic carbocycles. The van der Waals surface area contributed by atoms with Crippen molar-refractivity contribution < 1.29 is 17.9 Å². The number of hydrogen-bond acceptors (Lipinski definition) is 4. The second kappa shape index (κ2) is 5.51. The fourth-order valence-corrected chi connectivity index (χ4v) is 2.54. The number of benzene rings is 1. The molecule has 0 bridgehead atoms. The van der Waals surface area contributed by atoms with Crippen LogP contribution in [-0.2, 0) is 20.2 Å². The zero-order chi connectivity index (χ0) is 14.0. The first-order chi connectivity index (χ1) is 8.91. The van der Waals surface area contributed by atoms with Crippen molar-refractivity contribution in [2.75, 3.05) is 6.61 Å². The molecule has 1 saturated carbocycles. The van der Waals surface area contributed by atoms with Gasteiger partial charge < -0.3 is 4.74 Å². The number of carbonyl (C=O) groups excluding carboxylic acids is 1. The van der Waals surface area contributed by atoms with E-state index in [0.29, 0.717) is 18.9 Å². The van der Waals surface area contributed by atoms with Crippen LogP contribution in [0.1, 0.15) is 35.7 Å². The highest BCUT2D eigenvalue weighted by Crippen LogP contribution is 2.29. The lowest BCUT2D eigenvalue weighted by Gasteiger charge is -2.09. The largest absolute Gasteiger partial charge is 0.462 e.